The van der Waals surface area contributed by atoms with E-state index in [1.807, 2.05) is 0 Å². The van der Waals surface area contributed by atoms with E-state index in [1.54, 1.807) is 0 Å². The molecule has 0 aliphatic rings. The van der Waals surface area contributed by atoms with Crippen LogP contribution in [0.1, 0.15) is 35.2 Å². The number of carboxylic acid groups (broad SMARTS) is 1. The van der Waals surface area contributed by atoms with Crippen LogP contribution in [0.2, 0.25) is 0 Å². The van der Waals surface area contributed by atoms with E-state index in [-0.39, 0.29) is 16.9 Å². The molecule has 1 aromatic rings. The molecule has 0 atom stereocenters. The summed E-state index contributed by atoms with van der Waals surface area (Å²) in [4.78, 5) is 10.8. The smallest absolute Gasteiger partial charge is 0.460 e. The summed E-state index contributed by atoms with van der Waals surface area (Å²) < 4.78 is 230. The number of halogens is 17. The second kappa shape index (κ2) is 10.6. The maximum atomic E-state index is 13.8. The topological polar surface area (TPSA) is 46.5 Å². The second-order valence-corrected chi connectivity index (χ2v) is 8.24. The van der Waals surface area contributed by atoms with Gasteiger partial charge < -0.3 is 9.84 Å². The van der Waals surface area contributed by atoms with Gasteiger partial charge in [-0.3, -0.25) is 0 Å². The molecule has 0 radical (unpaired) electrons. The Balaban J connectivity index is 3.11. The molecule has 40 heavy (non-hydrogen) atoms. The van der Waals surface area contributed by atoms with Crippen LogP contribution in [0.5, 0.6) is 5.75 Å². The lowest BCUT2D eigenvalue weighted by atomic mass is 9.88. The molecule has 1 rings (SSSR count). The zero-order valence-electron chi connectivity index (χ0n) is 19.2. The molecule has 0 spiro atoms. The standard InChI is InChI=1S/C20H15F17O3/c1-9-8-10(12(38)39)4-5-11(9)40-7-3-2-6-13(21,22)14(23,24)15(25,26)16(27,28)17(29,30)18(31,32)19(33,34)20(35,36)37/h4-5,8H,2-3,6-7H2,1H3,(H,38,39). The lowest BCUT2D eigenvalue weighted by Gasteiger charge is -2.42. The van der Waals surface area contributed by atoms with Gasteiger partial charge in [-0.05, 0) is 43.5 Å². The van der Waals surface area contributed by atoms with E-state index < -0.39 is 79.5 Å². The molecule has 232 valence electrons. The molecule has 3 nitrogen and oxygen atoms in total. The van der Waals surface area contributed by atoms with Crippen molar-refractivity contribution >= 4 is 5.97 Å². The Kier molecular flexibility index (Phi) is 9.37. The second-order valence-electron chi connectivity index (χ2n) is 8.24. The maximum Gasteiger partial charge on any atom is 0.460 e. The number of rotatable bonds is 13. The van der Waals surface area contributed by atoms with Gasteiger partial charge in [-0.1, -0.05) is 0 Å². The van der Waals surface area contributed by atoms with Gasteiger partial charge >= 0.3 is 53.6 Å². The van der Waals surface area contributed by atoms with Crippen molar-refractivity contribution in [3.05, 3.63) is 29.3 Å². The van der Waals surface area contributed by atoms with Crippen molar-refractivity contribution in [2.75, 3.05) is 6.61 Å². The minimum Gasteiger partial charge on any atom is -0.493 e. The lowest BCUT2D eigenvalue weighted by molar-refractivity contribution is -0.461. The molecule has 0 saturated carbocycles. The number of hydrogen-bond donors (Lipinski definition) is 1. The fourth-order valence-electron chi connectivity index (χ4n) is 2.93. The Morgan fingerprint density at radius 1 is 0.675 bits per heavy atom. The molecule has 0 amide bonds. The van der Waals surface area contributed by atoms with Crippen molar-refractivity contribution in [2.24, 2.45) is 0 Å². The highest BCUT2D eigenvalue weighted by molar-refractivity contribution is 5.88. The van der Waals surface area contributed by atoms with Crippen molar-refractivity contribution in [1.82, 2.24) is 0 Å². The summed E-state index contributed by atoms with van der Waals surface area (Å²) in [7, 11) is 0. The number of carboxylic acids is 1. The molecule has 0 unspecified atom stereocenters. The maximum absolute atomic E-state index is 13.8. The minimum atomic E-state index is -8.65. The number of carbonyl (C=O) groups is 1. The summed E-state index contributed by atoms with van der Waals surface area (Å²) in [6, 6.07) is 3.17. The number of ether oxygens (including phenoxy) is 1. The number of alkyl halides is 17. The predicted molar refractivity (Wildman–Crippen MR) is 98.2 cm³/mol. The first-order valence-corrected chi connectivity index (χ1v) is 10.2. The summed E-state index contributed by atoms with van der Waals surface area (Å²) in [5, 5.41) is 8.82. The van der Waals surface area contributed by atoms with E-state index in [0.29, 0.717) is 0 Å². The van der Waals surface area contributed by atoms with Crippen LogP contribution in [0, 0.1) is 6.92 Å². The van der Waals surface area contributed by atoms with Gasteiger partial charge in [-0.2, -0.15) is 74.6 Å². The molecule has 0 fully saturated rings. The zero-order valence-corrected chi connectivity index (χ0v) is 19.2. The van der Waals surface area contributed by atoms with Crippen molar-refractivity contribution in [1.29, 1.82) is 0 Å². The van der Waals surface area contributed by atoms with Gasteiger partial charge in [0.25, 0.3) is 0 Å². The van der Waals surface area contributed by atoms with Crippen LogP contribution in [0.3, 0.4) is 0 Å². The van der Waals surface area contributed by atoms with Gasteiger partial charge in [-0.15, -0.1) is 0 Å². The van der Waals surface area contributed by atoms with E-state index in [2.05, 4.69) is 0 Å². The Morgan fingerprint density at radius 3 is 1.50 bits per heavy atom. The lowest BCUT2D eigenvalue weighted by Crippen LogP contribution is -2.74. The average molecular weight is 626 g/mol. The molecular weight excluding hydrogens is 611 g/mol. The molecule has 0 aliphatic heterocycles. The summed E-state index contributed by atoms with van der Waals surface area (Å²) >= 11 is 0. The first-order valence-electron chi connectivity index (χ1n) is 10.2. The average Bonchev–Trinajstić information content (AvgIpc) is 2.77. The Labute approximate surface area is 211 Å². The normalized spacial score (nSPS) is 14.8. The quantitative estimate of drug-likeness (QED) is 0.177. The third-order valence-corrected chi connectivity index (χ3v) is 5.35. The van der Waals surface area contributed by atoms with Crippen LogP contribution in [0.15, 0.2) is 18.2 Å². The van der Waals surface area contributed by atoms with Gasteiger partial charge in [0.2, 0.25) is 0 Å². The largest absolute Gasteiger partial charge is 0.493 e. The van der Waals surface area contributed by atoms with Crippen molar-refractivity contribution in [3.8, 4) is 5.75 Å². The van der Waals surface area contributed by atoms with Crippen LogP contribution >= 0.6 is 0 Å². The number of hydrogen-bond acceptors (Lipinski definition) is 2. The zero-order chi connectivity index (χ0) is 32.0. The molecular formula is C20H15F17O3. The molecule has 0 aromatic heterocycles. The van der Waals surface area contributed by atoms with E-state index in [9.17, 15) is 79.4 Å². The predicted octanol–water partition coefficient (Wildman–Crippen LogP) is 8.25. The SMILES string of the molecule is Cc1cc(C(=O)O)ccc1OCCCCC(F)(F)C(F)(F)C(F)(F)C(F)(F)C(F)(F)C(F)(F)C(F)(F)C(F)(F)F. The van der Waals surface area contributed by atoms with Crippen LogP contribution in [-0.4, -0.2) is 65.3 Å². The van der Waals surface area contributed by atoms with E-state index in [0.717, 1.165) is 18.2 Å². The van der Waals surface area contributed by atoms with Crippen LogP contribution in [-0.2, 0) is 0 Å². The Morgan fingerprint density at radius 2 is 1.10 bits per heavy atom. The number of aryl methyl sites for hydroxylation is 1. The van der Waals surface area contributed by atoms with Crippen molar-refractivity contribution in [3.63, 3.8) is 0 Å². The van der Waals surface area contributed by atoms with Crippen molar-refractivity contribution in [2.45, 2.75) is 73.8 Å². The van der Waals surface area contributed by atoms with Crippen LogP contribution < -0.4 is 4.74 Å². The molecule has 0 heterocycles. The summed E-state index contributed by atoms with van der Waals surface area (Å²) in [6.07, 6.45) is -12.4. The van der Waals surface area contributed by atoms with Gasteiger partial charge in [0, 0.05) is 6.42 Å². The van der Waals surface area contributed by atoms with E-state index in [1.165, 1.54) is 6.92 Å². The highest BCUT2D eigenvalue weighted by Crippen LogP contribution is 2.64. The number of aromatic carboxylic acids is 1. The fourth-order valence-corrected chi connectivity index (χ4v) is 2.93. The van der Waals surface area contributed by atoms with Gasteiger partial charge in [-0.25, -0.2) is 4.79 Å². The third kappa shape index (κ3) is 5.58. The first-order chi connectivity index (χ1) is 17.5. The summed E-state index contributed by atoms with van der Waals surface area (Å²) in [5.74, 6) is -57.8. The molecule has 0 aliphatic carbocycles. The monoisotopic (exact) mass is 626 g/mol. The van der Waals surface area contributed by atoms with E-state index >= 15 is 0 Å². The Hall–Kier alpha value is -2.70. The van der Waals surface area contributed by atoms with Crippen LogP contribution in [0.25, 0.3) is 0 Å². The molecule has 1 aromatic carbocycles. The van der Waals surface area contributed by atoms with Crippen molar-refractivity contribution < 1.29 is 89.3 Å². The molecule has 20 heteroatoms. The summed E-state index contributed by atoms with van der Waals surface area (Å²) in [5.41, 5.74) is -0.0533. The highest BCUT2D eigenvalue weighted by atomic mass is 19.4. The fraction of sp³-hybridized carbons (Fsp3) is 0.650. The first kappa shape index (κ1) is 35.3. The highest BCUT2D eigenvalue weighted by Gasteiger charge is 2.95. The number of unbranched alkanes of at least 4 members (excludes halogenated alkanes) is 1. The minimum absolute atomic E-state index is 0.0768. The Bertz CT molecular complexity index is 1060. The van der Waals surface area contributed by atoms with Gasteiger partial charge in [0.15, 0.2) is 0 Å². The molecule has 0 bridgehead atoms. The van der Waals surface area contributed by atoms with Crippen LogP contribution in [0.4, 0.5) is 74.6 Å². The van der Waals surface area contributed by atoms with Gasteiger partial charge in [0.1, 0.15) is 5.75 Å². The molecule has 0 saturated heterocycles. The van der Waals surface area contributed by atoms with Gasteiger partial charge in [0.05, 0.1) is 12.2 Å². The van der Waals surface area contributed by atoms with E-state index in [4.69, 9.17) is 9.84 Å². The third-order valence-electron chi connectivity index (χ3n) is 5.35. The number of benzene rings is 1. The summed E-state index contributed by atoms with van der Waals surface area (Å²) in [6.45, 7) is 0.626. The molecule has 1 N–H and O–H groups in total.